The minimum Gasteiger partial charge on any atom is -0.378 e. The van der Waals surface area contributed by atoms with E-state index in [1.54, 1.807) is 0 Å². The van der Waals surface area contributed by atoms with Crippen molar-refractivity contribution in [3.63, 3.8) is 0 Å². The number of hydrogen-bond acceptors (Lipinski definition) is 3. The number of rotatable bonds is 7. The molecule has 1 aliphatic rings. The largest absolute Gasteiger partial charge is 0.378 e. The number of hydrogen-bond donors (Lipinski definition) is 1. The molecule has 4 atom stereocenters. The fourth-order valence-corrected chi connectivity index (χ4v) is 3.09. The lowest BCUT2D eigenvalue weighted by Crippen LogP contribution is -2.63. The van der Waals surface area contributed by atoms with Gasteiger partial charge in [-0.1, -0.05) is 13.8 Å². The van der Waals surface area contributed by atoms with Crippen LogP contribution in [0.25, 0.3) is 0 Å². The highest BCUT2D eigenvalue weighted by molar-refractivity contribution is 5.05. The molecule has 1 saturated carbocycles. The fraction of sp³-hybridized carbons (Fsp3) is 0.800. The Balaban J connectivity index is 1.86. The first-order valence-corrected chi connectivity index (χ1v) is 7.45. The van der Waals surface area contributed by atoms with E-state index in [9.17, 15) is 0 Å². The molecular weight excluding hydrogens is 238 g/mol. The molecule has 19 heavy (non-hydrogen) atoms. The zero-order valence-corrected chi connectivity index (χ0v) is 12.6. The molecule has 0 aliphatic heterocycles. The summed E-state index contributed by atoms with van der Waals surface area (Å²) in [5, 5.41) is 8.00. The zero-order valence-electron chi connectivity index (χ0n) is 12.6. The SMILES string of the molecule is CCOC1CC(NC(C)Cn2cccn2)C1(C)CC. The highest BCUT2D eigenvalue weighted by Gasteiger charge is 2.51. The van der Waals surface area contributed by atoms with Crippen LogP contribution in [0.1, 0.15) is 40.5 Å². The van der Waals surface area contributed by atoms with Gasteiger partial charge in [0.15, 0.2) is 0 Å². The van der Waals surface area contributed by atoms with Crippen LogP contribution in [-0.4, -0.2) is 34.6 Å². The molecule has 1 fully saturated rings. The van der Waals surface area contributed by atoms with Crippen molar-refractivity contribution >= 4 is 0 Å². The second-order valence-corrected chi connectivity index (χ2v) is 5.89. The minimum absolute atomic E-state index is 0.272. The summed E-state index contributed by atoms with van der Waals surface area (Å²) < 4.78 is 7.83. The second-order valence-electron chi connectivity index (χ2n) is 5.89. The van der Waals surface area contributed by atoms with Gasteiger partial charge in [-0.3, -0.25) is 4.68 Å². The predicted molar refractivity (Wildman–Crippen MR) is 77.0 cm³/mol. The van der Waals surface area contributed by atoms with E-state index in [0.717, 1.165) is 26.0 Å². The summed E-state index contributed by atoms with van der Waals surface area (Å²) >= 11 is 0. The van der Waals surface area contributed by atoms with Crippen LogP contribution < -0.4 is 5.32 Å². The molecule has 0 aromatic carbocycles. The Hall–Kier alpha value is -0.870. The average Bonchev–Trinajstić information content (AvgIpc) is 2.89. The quantitative estimate of drug-likeness (QED) is 0.823. The third kappa shape index (κ3) is 3.00. The normalized spacial score (nSPS) is 32.0. The molecule has 0 amide bonds. The summed E-state index contributed by atoms with van der Waals surface area (Å²) in [6.07, 6.45) is 6.54. The molecule has 108 valence electrons. The molecule has 0 spiro atoms. The van der Waals surface area contributed by atoms with E-state index in [1.165, 1.54) is 0 Å². The van der Waals surface area contributed by atoms with E-state index in [2.05, 4.69) is 38.1 Å². The molecule has 1 aromatic heterocycles. The first-order chi connectivity index (χ1) is 9.10. The Morgan fingerprint density at radius 2 is 2.32 bits per heavy atom. The van der Waals surface area contributed by atoms with Gasteiger partial charge in [0.05, 0.1) is 12.6 Å². The van der Waals surface area contributed by atoms with E-state index < -0.39 is 0 Å². The van der Waals surface area contributed by atoms with Crippen molar-refractivity contribution in [1.29, 1.82) is 0 Å². The molecule has 1 N–H and O–H groups in total. The van der Waals surface area contributed by atoms with Crippen LogP contribution in [0.5, 0.6) is 0 Å². The molecular formula is C15H27N3O. The maximum absolute atomic E-state index is 5.84. The van der Waals surface area contributed by atoms with E-state index >= 15 is 0 Å². The Kier molecular flexibility index (Phi) is 4.63. The Morgan fingerprint density at radius 1 is 1.53 bits per heavy atom. The van der Waals surface area contributed by atoms with Crippen molar-refractivity contribution < 1.29 is 4.74 Å². The second kappa shape index (κ2) is 6.06. The van der Waals surface area contributed by atoms with Crippen LogP contribution in [0.4, 0.5) is 0 Å². The smallest absolute Gasteiger partial charge is 0.0658 e. The van der Waals surface area contributed by atoms with Gasteiger partial charge in [0, 0.05) is 36.5 Å². The molecule has 1 aliphatic carbocycles. The van der Waals surface area contributed by atoms with Crippen molar-refractivity contribution in [2.24, 2.45) is 5.41 Å². The van der Waals surface area contributed by atoms with Crippen LogP contribution in [0.3, 0.4) is 0 Å². The van der Waals surface area contributed by atoms with Gasteiger partial charge in [-0.25, -0.2) is 0 Å². The molecule has 4 nitrogen and oxygen atoms in total. The van der Waals surface area contributed by atoms with Crippen molar-refractivity contribution in [3.05, 3.63) is 18.5 Å². The molecule has 0 saturated heterocycles. The highest BCUT2D eigenvalue weighted by Crippen LogP contribution is 2.46. The zero-order chi connectivity index (χ0) is 13.9. The molecule has 1 heterocycles. The highest BCUT2D eigenvalue weighted by atomic mass is 16.5. The standard InChI is InChI=1S/C15H27N3O/c1-5-15(4)13(10-14(15)19-6-2)17-12(3)11-18-9-7-8-16-18/h7-9,12-14,17H,5-6,10-11H2,1-4H3. The van der Waals surface area contributed by atoms with Crippen molar-refractivity contribution in [2.75, 3.05) is 6.61 Å². The van der Waals surface area contributed by atoms with Crippen LogP contribution in [0, 0.1) is 5.41 Å². The number of nitrogens with zero attached hydrogens (tertiary/aromatic N) is 2. The Bertz CT molecular complexity index is 379. The van der Waals surface area contributed by atoms with Gasteiger partial charge in [0.1, 0.15) is 0 Å². The lowest BCUT2D eigenvalue weighted by Gasteiger charge is -2.54. The summed E-state index contributed by atoms with van der Waals surface area (Å²) in [6, 6.07) is 2.95. The lowest BCUT2D eigenvalue weighted by atomic mass is 9.61. The van der Waals surface area contributed by atoms with Gasteiger partial charge in [0.2, 0.25) is 0 Å². The first-order valence-electron chi connectivity index (χ1n) is 7.45. The van der Waals surface area contributed by atoms with Gasteiger partial charge in [-0.2, -0.15) is 5.10 Å². The summed E-state index contributed by atoms with van der Waals surface area (Å²) in [5.74, 6) is 0. The maximum atomic E-state index is 5.84. The fourth-order valence-electron chi connectivity index (χ4n) is 3.09. The summed E-state index contributed by atoms with van der Waals surface area (Å²) in [6.45, 7) is 10.6. The van der Waals surface area contributed by atoms with Crippen LogP contribution in [0.2, 0.25) is 0 Å². The van der Waals surface area contributed by atoms with Crippen molar-refractivity contribution in [3.8, 4) is 0 Å². The van der Waals surface area contributed by atoms with E-state index in [4.69, 9.17) is 4.74 Å². The van der Waals surface area contributed by atoms with Gasteiger partial charge in [0.25, 0.3) is 0 Å². The molecule has 4 heteroatoms. The molecule has 0 radical (unpaired) electrons. The third-order valence-electron chi connectivity index (χ3n) is 4.62. The average molecular weight is 265 g/mol. The molecule has 1 aromatic rings. The molecule has 4 unspecified atom stereocenters. The van der Waals surface area contributed by atoms with E-state index in [1.807, 2.05) is 23.1 Å². The first kappa shape index (κ1) is 14.5. The van der Waals surface area contributed by atoms with Crippen molar-refractivity contribution in [1.82, 2.24) is 15.1 Å². The molecule has 2 rings (SSSR count). The van der Waals surface area contributed by atoms with Crippen molar-refractivity contribution in [2.45, 2.75) is 65.3 Å². The van der Waals surface area contributed by atoms with Gasteiger partial charge in [-0.15, -0.1) is 0 Å². The summed E-state index contributed by atoms with van der Waals surface area (Å²) in [7, 11) is 0. The lowest BCUT2D eigenvalue weighted by molar-refractivity contribution is -0.128. The van der Waals surface area contributed by atoms with Gasteiger partial charge in [-0.05, 0) is 32.8 Å². The topological polar surface area (TPSA) is 39.1 Å². The number of aromatic nitrogens is 2. The van der Waals surface area contributed by atoms with E-state index in [0.29, 0.717) is 18.2 Å². The monoisotopic (exact) mass is 265 g/mol. The summed E-state index contributed by atoms with van der Waals surface area (Å²) in [4.78, 5) is 0. The molecule has 0 bridgehead atoms. The predicted octanol–water partition coefficient (Wildman–Crippen LogP) is 2.45. The van der Waals surface area contributed by atoms with Crippen LogP contribution >= 0.6 is 0 Å². The van der Waals surface area contributed by atoms with Gasteiger partial charge < -0.3 is 10.1 Å². The number of nitrogens with one attached hydrogen (secondary N) is 1. The maximum Gasteiger partial charge on any atom is 0.0658 e. The van der Waals surface area contributed by atoms with Gasteiger partial charge >= 0.3 is 0 Å². The Morgan fingerprint density at radius 3 is 2.89 bits per heavy atom. The van der Waals surface area contributed by atoms with E-state index in [-0.39, 0.29) is 5.41 Å². The third-order valence-corrected chi connectivity index (χ3v) is 4.62. The minimum atomic E-state index is 0.272. The number of ether oxygens (including phenoxy) is 1. The summed E-state index contributed by atoms with van der Waals surface area (Å²) in [5.41, 5.74) is 0.272. The Labute approximate surface area is 116 Å². The van der Waals surface area contributed by atoms with Crippen LogP contribution in [-0.2, 0) is 11.3 Å². The van der Waals surface area contributed by atoms with Crippen LogP contribution in [0.15, 0.2) is 18.5 Å².